The van der Waals surface area contributed by atoms with E-state index in [1.54, 1.807) is 0 Å². The van der Waals surface area contributed by atoms with Crippen molar-refractivity contribution in [3.8, 4) is 0 Å². The quantitative estimate of drug-likeness (QED) is 0.631. The van der Waals surface area contributed by atoms with E-state index in [2.05, 4.69) is 68.1 Å². The van der Waals surface area contributed by atoms with E-state index in [9.17, 15) is 0 Å². The molecule has 0 radical (unpaired) electrons. The fraction of sp³-hybridized carbons (Fsp3) is 0.200. The van der Waals surface area contributed by atoms with E-state index in [1.165, 1.54) is 14.7 Å². The maximum absolute atomic E-state index is 6.11. The molecule has 0 fully saturated rings. The number of hydrogen-bond acceptors (Lipinski definition) is 1. The average Bonchev–Trinajstić information content (AvgIpc) is 2.39. The summed E-state index contributed by atoms with van der Waals surface area (Å²) in [5.41, 5.74) is 2.54. The average molecular weight is 451 g/mol. The van der Waals surface area contributed by atoms with Gasteiger partial charge in [-0.3, -0.25) is 0 Å². The Kier molecular flexibility index (Phi) is 5.69. The summed E-state index contributed by atoms with van der Waals surface area (Å²) >= 11 is 12.0. The molecular formula is C15H14BrClIN. The number of nitrogens with one attached hydrogen (secondary N) is 1. The highest BCUT2D eigenvalue weighted by atomic mass is 127. The van der Waals surface area contributed by atoms with Crippen LogP contribution in [0.2, 0.25) is 5.02 Å². The highest BCUT2D eigenvalue weighted by molar-refractivity contribution is 14.1. The summed E-state index contributed by atoms with van der Waals surface area (Å²) in [6.07, 6.45) is 0.937. The van der Waals surface area contributed by atoms with Crippen LogP contribution < -0.4 is 5.32 Å². The maximum Gasteiger partial charge on any atom is 0.0410 e. The van der Waals surface area contributed by atoms with Crippen molar-refractivity contribution >= 4 is 50.1 Å². The highest BCUT2D eigenvalue weighted by Crippen LogP contribution is 2.27. The summed E-state index contributed by atoms with van der Waals surface area (Å²) in [6.45, 7) is 0. The molecule has 2 aromatic rings. The summed E-state index contributed by atoms with van der Waals surface area (Å²) in [7, 11) is 1.99. The molecule has 4 heteroatoms. The molecule has 1 nitrogen and oxygen atoms in total. The first-order chi connectivity index (χ1) is 9.10. The molecule has 0 aromatic heterocycles. The Morgan fingerprint density at radius 1 is 1.26 bits per heavy atom. The van der Waals surface area contributed by atoms with Crippen LogP contribution in [0.4, 0.5) is 0 Å². The Bertz CT molecular complexity index is 574. The van der Waals surface area contributed by atoms with Crippen LogP contribution in [0.1, 0.15) is 17.2 Å². The third kappa shape index (κ3) is 4.18. The second-order valence-electron chi connectivity index (χ2n) is 4.34. The van der Waals surface area contributed by atoms with Gasteiger partial charge in [-0.2, -0.15) is 0 Å². The SMILES string of the molecule is CNC(Cc1cccc(Br)c1)c1cc(Cl)ccc1I. The molecule has 2 aromatic carbocycles. The summed E-state index contributed by atoms with van der Waals surface area (Å²) in [5, 5.41) is 4.16. The van der Waals surface area contributed by atoms with Crippen LogP contribution in [0, 0.1) is 3.57 Å². The molecule has 1 unspecified atom stereocenters. The molecule has 0 amide bonds. The van der Waals surface area contributed by atoms with Gasteiger partial charge < -0.3 is 5.32 Å². The zero-order chi connectivity index (χ0) is 13.8. The lowest BCUT2D eigenvalue weighted by molar-refractivity contribution is 0.589. The van der Waals surface area contributed by atoms with Crippen molar-refractivity contribution in [2.75, 3.05) is 7.05 Å². The van der Waals surface area contributed by atoms with Gasteiger partial charge in [-0.15, -0.1) is 0 Å². The molecule has 0 heterocycles. The minimum atomic E-state index is 0.264. The largest absolute Gasteiger partial charge is 0.313 e. The first-order valence-corrected chi connectivity index (χ1v) is 8.22. The lowest BCUT2D eigenvalue weighted by Crippen LogP contribution is -2.19. The summed E-state index contributed by atoms with van der Waals surface area (Å²) < 4.78 is 2.34. The molecule has 19 heavy (non-hydrogen) atoms. The molecule has 0 saturated carbocycles. The minimum Gasteiger partial charge on any atom is -0.313 e. The zero-order valence-corrected chi connectivity index (χ0v) is 15.0. The summed E-state index contributed by atoms with van der Waals surface area (Å²) in [5.74, 6) is 0. The molecule has 0 saturated heterocycles. The first kappa shape index (κ1) is 15.3. The molecule has 0 bridgehead atoms. The lowest BCUT2D eigenvalue weighted by atomic mass is 9.99. The molecular weight excluding hydrogens is 436 g/mol. The first-order valence-electron chi connectivity index (χ1n) is 5.97. The van der Waals surface area contributed by atoms with E-state index < -0.39 is 0 Å². The second-order valence-corrected chi connectivity index (χ2v) is 6.86. The van der Waals surface area contributed by atoms with Gasteiger partial charge in [-0.05, 0) is 77.5 Å². The van der Waals surface area contributed by atoms with Crippen LogP contribution in [0.15, 0.2) is 46.9 Å². The normalized spacial score (nSPS) is 12.4. The topological polar surface area (TPSA) is 12.0 Å². The predicted octanol–water partition coefficient (Wildman–Crippen LogP) is 5.21. The van der Waals surface area contributed by atoms with Crippen LogP contribution in [-0.2, 0) is 6.42 Å². The zero-order valence-electron chi connectivity index (χ0n) is 10.5. The van der Waals surface area contributed by atoms with E-state index in [4.69, 9.17) is 11.6 Å². The van der Waals surface area contributed by atoms with E-state index in [0.717, 1.165) is 15.9 Å². The molecule has 100 valence electrons. The van der Waals surface area contributed by atoms with Crippen molar-refractivity contribution in [3.05, 3.63) is 66.7 Å². The lowest BCUT2D eigenvalue weighted by Gasteiger charge is -2.19. The molecule has 0 aliphatic carbocycles. The maximum atomic E-state index is 6.11. The minimum absolute atomic E-state index is 0.264. The number of benzene rings is 2. The van der Waals surface area contributed by atoms with Gasteiger partial charge in [0.15, 0.2) is 0 Å². The van der Waals surface area contributed by atoms with Crippen LogP contribution in [-0.4, -0.2) is 7.05 Å². The van der Waals surface area contributed by atoms with Crippen LogP contribution in [0.3, 0.4) is 0 Å². The van der Waals surface area contributed by atoms with Gasteiger partial charge in [-0.1, -0.05) is 39.7 Å². The molecule has 1 N–H and O–H groups in total. The van der Waals surface area contributed by atoms with Crippen molar-refractivity contribution in [3.63, 3.8) is 0 Å². The van der Waals surface area contributed by atoms with Gasteiger partial charge in [0.1, 0.15) is 0 Å². The van der Waals surface area contributed by atoms with Crippen LogP contribution in [0.25, 0.3) is 0 Å². The summed E-state index contributed by atoms with van der Waals surface area (Å²) in [6, 6.07) is 14.7. The van der Waals surface area contributed by atoms with Crippen molar-refractivity contribution < 1.29 is 0 Å². The third-order valence-corrected chi connectivity index (χ3v) is 4.72. The Morgan fingerprint density at radius 2 is 2.05 bits per heavy atom. The fourth-order valence-electron chi connectivity index (χ4n) is 2.05. The Labute approximate surface area is 141 Å². The number of hydrogen-bond donors (Lipinski definition) is 1. The van der Waals surface area contributed by atoms with E-state index in [1.807, 2.05) is 25.2 Å². The van der Waals surface area contributed by atoms with Gasteiger partial charge in [0, 0.05) is 19.1 Å². The van der Waals surface area contributed by atoms with Gasteiger partial charge in [0.25, 0.3) is 0 Å². The Morgan fingerprint density at radius 3 is 2.74 bits per heavy atom. The second kappa shape index (κ2) is 7.07. The van der Waals surface area contributed by atoms with Gasteiger partial charge >= 0.3 is 0 Å². The molecule has 0 spiro atoms. The molecule has 0 aliphatic rings. The fourth-order valence-corrected chi connectivity index (χ4v) is 3.39. The molecule has 2 rings (SSSR count). The Hall–Kier alpha value is -0.100. The Balaban J connectivity index is 2.27. The number of likely N-dealkylation sites (N-methyl/N-ethyl adjacent to an activating group) is 1. The van der Waals surface area contributed by atoms with Crippen molar-refractivity contribution in [1.29, 1.82) is 0 Å². The van der Waals surface area contributed by atoms with E-state index in [-0.39, 0.29) is 6.04 Å². The summed E-state index contributed by atoms with van der Waals surface area (Å²) in [4.78, 5) is 0. The van der Waals surface area contributed by atoms with Crippen LogP contribution >= 0.6 is 50.1 Å². The van der Waals surface area contributed by atoms with Crippen molar-refractivity contribution in [2.24, 2.45) is 0 Å². The van der Waals surface area contributed by atoms with Crippen molar-refractivity contribution in [2.45, 2.75) is 12.5 Å². The smallest absolute Gasteiger partial charge is 0.0410 e. The van der Waals surface area contributed by atoms with Crippen LogP contribution in [0.5, 0.6) is 0 Å². The highest BCUT2D eigenvalue weighted by Gasteiger charge is 2.14. The van der Waals surface area contributed by atoms with Gasteiger partial charge in [0.2, 0.25) is 0 Å². The van der Waals surface area contributed by atoms with Crippen molar-refractivity contribution in [1.82, 2.24) is 5.32 Å². The molecule has 1 atom stereocenters. The molecule has 0 aliphatic heterocycles. The van der Waals surface area contributed by atoms with Gasteiger partial charge in [0.05, 0.1) is 0 Å². The predicted molar refractivity (Wildman–Crippen MR) is 93.8 cm³/mol. The third-order valence-electron chi connectivity index (χ3n) is 3.01. The number of rotatable bonds is 4. The number of halogens is 3. The standard InChI is InChI=1S/C15H14BrClIN/c1-19-15(8-10-3-2-4-11(16)7-10)13-9-12(17)5-6-14(13)18/h2-7,9,15,19H,8H2,1H3. The van der Waals surface area contributed by atoms with E-state index >= 15 is 0 Å². The van der Waals surface area contributed by atoms with E-state index in [0.29, 0.717) is 0 Å². The van der Waals surface area contributed by atoms with Gasteiger partial charge in [-0.25, -0.2) is 0 Å². The monoisotopic (exact) mass is 449 g/mol.